The maximum atomic E-state index is 13.7. The molecule has 1 heterocycles. The number of allylic oxidation sites excluding steroid dienone is 1. The van der Waals surface area contributed by atoms with Crippen LogP contribution in [0.2, 0.25) is 0 Å². The van der Waals surface area contributed by atoms with Gasteiger partial charge < -0.3 is 4.74 Å². The zero-order chi connectivity index (χ0) is 20.5. The van der Waals surface area contributed by atoms with E-state index < -0.39 is 33.4 Å². The molecule has 0 spiro atoms. The number of methoxy groups -OCH3 is 1. The number of para-hydroxylation sites is 1. The Hall–Kier alpha value is -3.07. The fraction of sp³-hybridized carbons (Fsp3) is 0.105. The lowest BCUT2D eigenvalue weighted by atomic mass is 10.1. The predicted molar refractivity (Wildman–Crippen MR) is 97.0 cm³/mol. The van der Waals surface area contributed by atoms with Crippen LogP contribution < -0.4 is 0 Å². The van der Waals surface area contributed by atoms with Gasteiger partial charge in [-0.2, -0.15) is 13.2 Å². The Kier molecular flexibility index (Phi) is 5.03. The lowest BCUT2D eigenvalue weighted by Gasteiger charge is -2.16. The number of hydrogen-bond donors (Lipinski definition) is 0. The second-order valence-electron chi connectivity index (χ2n) is 5.75. The Labute approximate surface area is 158 Å². The van der Waals surface area contributed by atoms with Crippen molar-refractivity contribution in [3.05, 3.63) is 72.4 Å². The molecule has 0 amide bonds. The van der Waals surface area contributed by atoms with Crippen molar-refractivity contribution in [3.63, 3.8) is 0 Å². The van der Waals surface area contributed by atoms with Gasteiger partial charge in [0.15, 0.2) is 0 Å². The highest BCUT2D eigenvalue weighted by Gasteiger charge is 2.39. The summed E-state index contributed by atoms with van der Waals surface area (Å²) in [6.07, 6.45) is -4.75. The zero-order valence-electron chi connectivity index (χ0n) is 14.5. The van der Waals surface area contributed by atoms with Crippen molar-refractivity contribution >= 4 is 32.5 Å². The summed E-state index contributed by atoms with van der Waals surface area (Å²) in [5.41, 5.74) is -2.04. The van der Waals surface area contributed by atoms with Crippen LogP contribution in [0.25, 0.3) is 16.5 Å². The van der Waals surface area contributed by atoms with Gasteiger partial charge in [0.2, 0.25) is 0 Å². The van der Waals surface area contributed by atoms with Gasteiger partial charge in [-0.15, -0.1) is 0 Å². The normalized spacial score (nSPS) is 12.9. The SMILES string of the molecule is COC(=O)/C=C(\c1cc2ccccc2n1S(=O)(=O)c1ccccc1)C(F)(F)F. The number of fused-ring (bicyclic) bond motifs is 1. The molecule has 0 saturated carbocycles. The number of rotatable bonds is 4. The molecule has 1 aromatic heterocycles. The molecule has 0 atom stereocenters. The monoisotopic (exact) mass is 409 g/mol. The van der Waals surface area contributed by atoms with Crippen molar-refractivity contribution < 1.29 is 31.1 Å². The summed E-state index contributed by atoms with van der Waals surface area (Å²) in [5, 5.41) is 0.275. The van der Waals surface area contributed by atoms with E-state index in [2.05, 4.69) is 4.74 Å². The van der Waals surface area contributed by atoms with Crippen LogP contribution in [0.5, 0.6) is 0 Å². The lowest BCUT2D eigenvalue weighted by molar-refractivity contribution is -0.135. The maximum Gasteiger partial charge on any atom is 0.418 e. The van der Waals surface area contributed by atoms with Gasteiger partial charge in [0.05, 0.1) is 28.8 Å². The summed E-state index contributed by atoms with van der Waals surface area (Å²) in [6, 6.07) is 14.1. The molecular weight excluding hydrogens is 395 g/mol. The van der Waals surface area contributed by atoms with Crippen LogP contribution >= 0.6 is 0 Å². The largest absolute Gasteiger partial charge is 0.466 e. The van der Waals surface area contributed by atoms with Crippen LogP contribution in [0.3, 0.4) is 0 Å². The maximum absolute atomic E-state index is 13.7. The molecule has 0 radical (unpaired) electrons. The number of nitrogens with zero attached hydrogens (tertiary/aromatic N) is 1. The Morgan fingerprint density at radius 3 is 2.25 bits per heavy atom. The van der Waals surface area contributed by atoms with Crippen LogP contribution in [-0.4, -0.2) is 31.6 Å². The summed E-state index contributed by atoms with van der Waals surface area (Å²) < 4.78 is 72.4. The lowest BCUT2D eigenvalue weighted by Crippen LogP contribution is -2.21. The van der Waals surface area contributed by atoms with E-state index in [0.717, 1.165) is 13.2 Å². The highest BCUT2D eigenvalue weighted by molar-refractivity contribution is 7.90. The second kappa shape index (κ2) is 7.16. The van der Waals surface area contributed by atoms with E-state index in [1.165, 1.54) is 42.5 Å². The Morgan fingerprint density at radius 2 is 1.64 bits per heavy atom. The summed E-state index contributed by atoms with van der Waals surface area (Å²) >= 11 is 0. The minimum Gasteiger partial charge on any atom is -0.466 e. The number of esters is 1. The Bertz CT molecular complexity index is 1160. The first kappa shape index (κ1) is 19.7. The first-order valence-electron chi connectivity index (χ1n) is 7.94. The fourth-order valence-electron chi connectivity index (χ4n) is 2.75. The van der Waals surface area contributed by atoms with Crippen molar-refractivity contribution in [2.24, 2.45) is 0 Å². The number of carbonyl (C=O) groups excluding carboxylic acids is 1. The van der Waals surface area contributed by atoms with E-state index in [4.69, 9.17) is 0 Å². The molecule has 9 heteroatoms. The van der Waals surface area contributed by atoms with Crippen molar-refractivity contribution in [2.45, 2.75) is 11.1 Å². The van der Waals surface area contributed by atoms with Gasteiger partial charge >= 0.3 is 12.1 Å². The molecule has 0 saturated heterocycles. The fourth-order valence-corrected chi connectivity index (χ4v) is 4.30. The van der Waals surface area contributed by atoms with Crippen molar-refractivity contribution in [1.29, 1.82) is 0 Å². The van der Waals surface area contributed by atoms with Crippen LogP contribution in [0.1, 0.15) is 5.69 Å². The summed E-state index contributed by atoms with van der Waals surface area (Å²) in [6.45, 7) is 0. The third kappa shape index (κ3) is 3.53. The number of carbonyl (C=O) groups is 1. The van der Waals surface area contributed by atoms with Crippen molar-refractivity contribution in [3.8, 4) is 0 Å². The van der Waals surface area contributed by atoms with Crippen LogP contribution in [0.4, 0.5) is 13.2 Å². The third-order valence-corrected chi connectivity index (χ3v) is 5.73. The van der Waals surface area contributed by atoms with Gasteiger partial charge in [-0.3, -0.25) is 0 Å². The first-order chi connectivity index (χ1) is 13.2. The molecule has 28 heavy (non-hydrogen) atoms. The molecule has 5 nitrogen and oxygen atoms in total. The third-order valence-electron chi connectivity index (χ3n) is 3.99. The molecule has 0 aliphatic carbocycles. The van der Waals surface area contributed by atoms with E-state index in [9.17, 15) is 26.4 Å². The van der Waals surface area contributed by atoms with E-state index in [-0.39, 0.29) is 21.9 Å². The Morgan fingerprint density at radius 1 is 1.04 bits per heavy atom. The molecule has 3 rings (SSSR count). The molecule has 2 aromatic carbocycles. The number of benzene rings is 2. The van der Waals surface area contributed by atoms with E-state index in [0.29, 0.717) is 3.97 Å². The molecular formula is C19H14F3NO4S. The van der Waals surface area contributed by atoms with Gasteiger partial charge in [0.25, 0.3) is 10.0 Å². The topological polar surface area (TPSA) is 65.4 Å². The molecule has 0 bridgehead atoms. The molecule has 3 aromatic rings. The summed E-state index contributed by atoms with van der Waals surface area (Å²) in [4.78, 5) is 11.3. The van der Waals surface area contributed by atoms with Crippen LogP contribution in [-0.2, 0) is 19.6 Å². The molecule has 0 unspecified atom stereocenters. The molecule has 0 fully saturated rings. The van der Waals surface area contributed by atoms with Gasteiger partial charge in [-0.25, -0.2) is 17.2 Å². The number of ether oxygens (including phenoxy) is 1. The molecule has 0 N–H and O–H groups in total. The minimum atomic E-state index is -4.99. The summed E-state index contributed by atoms with van der Waals surface area (Å²) in [7, 11) is -3.44. The highest BCUT2D eigenvalue weighted by atomic mass is 32.2. The second-order valence-corrected chi connectivity index (χ2v) is 7.54. The van der Waals surface area contributed by atoms with Gasteiger partial charge in [0, 0.05) is 11.5 Å². The number of halogens is 3. The van der Waals surface area contributed by atoms with Gasteiger partial charge in [-0.05, 0) is 24.3 Å². The van der Waals surface area contributed by atoms with E-state index in [1.54, 1.807) is 12.1 Å². The molecule has 146 valence electrons. The molecule has 0 aliphatic heterocycles. The van der Waals surface area contributed by atoms with Gasteiger partial charge in [0.1, 0.15) is 0 Å². The zero-order valence-corrected chi connectivity index (χ0v) is 15.3. The number of hydrogen-bond acceptors (Lipinski definition) is 4. The smallest absolute Gasteiger partial charge is 0.418 e. The molecule has 0 aliphatic rings. The van der Waals surface area contributed by atoms with Crippen molar-refractivity contribution in [1.82, 2.24) is 3.97 Å². The highest BCUT2D eigenvalue weighted by Crippen LogP contribution is 2.38. The van der Waals surface area contributed by atoms with Crippen LogP contribution in [0, 0.1) is 0 Å². The van der Waals surface area contributed by atoms with E-state index >= 15 is 0 Å². The van der Waals surface area contributed by atoms with Crippen LogP contribution in [0.15, 0.2) is 71.6 Å². The standard InChI is InChI=1S/C19H14F3NO4S/c1-27-18(24)12-15(19(20,21)22)17-11-13-7-5-6-10-16(13)23(17)28(25,26)14-8-3-2-4-9-14/h2-12H,1H3/b15-12+. The van der Waals surface area contributed by atoms with Gasteiger partial charge in [-0.1, -0.05) is 36.4 Å². The number of aromatic nitrogens is 1. The minimum absolute atomic E-state index is 0.0568. The predicted octanol–water partition coefficient (Wildman–Crippen LogP) is 4.00. The quantitative estimate of drug-likeness (QED) is 0.483. The number of alkyl halides is 3. The first-order valence-corrected chi connectivity index (χ1v) is 9.38. The van der Waals surface area contributed by atoms with E-state index in [1.807, 2.05) is 0 Å². The average molecular weight is 409 g/mol. The Balaban J connectivity index is 2.41. The summed E-state index contributed by atoms with van der Waals surface area (Å²) in [5.74, 6) is -1.25. The average Bonchev–Trinajstić information content (AvgIpc) is 3.05. The van der Waals surface area contributed by atoms with Crippen molar-refractivity contribution in [2.75, 3.05) is 7.11 Å².